The van der Waals surface area contributed by atoms with E-state index in [-0.39, 0.29) is 5.92 Å². The molecule has 0 unspecified atom stereocenters. The molecule has 0 aliphatic carbocycles. The van der Waals surface area contributed by atoms with Crippen LogP contribution in [0.15, 0.2) is 79.0 Å². The third-order valence-electron chi connectivity index (χ3n) is 4.83. The lowest BCUT2D eigenvalue weighted by molar-refractivity contribution is 0.414. The average molecular weight is 343 g/mol. The first-order chi connectivity index (χ1) is 12.8. The number of ether oxygens (including phenoxy) is 2. The van der Waals surface area contributed by atoms with E-state index in [0.29, 0.717) is 0 Å². The molecule has 0 saturated heterocycles. The first kappa shape index (κ1) is 16.3. The maximum Gasteiger partial charge on any atom is 0.118 e. The summed E-state index contributed by atoms with van der Waals surface area (Å²) in [6.45, 7) is 0. The van der Waals surface area contributed by atoms with E-state index in [4.69, 9.17) is 9.47 Å². The zero-order chi connectivity index (χ0) is 17.9. The average Bonchev–Trinajstić information content (AvgIpc) is 3.13. The second-order valence-corrected chi connectivity index (χ2v) is 6.27. The van der Waals surface area contributed by atoms with Crippen LogP contribution in [0.2, 0.25) is 0 Å². The van der Waals surface area contributed by atoms with Crippen LogP contribution < -0.4 is 9.47 Å². The van der Waals surface area contributed by atoms with Crippen molar-refractivity contribution in [2.45, 2.75) is 5.92 Å². The molecule has 4 aromatic rings. The third kappa shape index (κ3) is 2.93. The molecule has 130 valence electrons. The van der Waals surface area contributed by atoms with Crippen LogP contribution in [0.25, 0.3) is 10.9 Å². The summed E-state index contributed by atoms with van der Waals surface area (Å²) < 4.78 is 10.6. The molecule has 3 aromatic carbocycles. The number of hydrogen-bond acceptors (Lipinski definition) is 2. The first-order valence-electron chi connectivity index (χ1n) is 8.64. The molecule has 4 rings (SSSR count). The number of H-pyrrole nitrogens is 1. The molecule has 3 heteroatoms. The number of aromatic nitrogens is 1. The number of hydrogen-bond donors (Lipinski definition) is 1. The van der Waals surface area contributed by atoms with Crippen molar-refractivity contribution in [1.82, 2.24) is 4.98 Å². The van der Waals surface area contributed by atoms with E-state index in [1.807, 2.05) is 24.3 Å². The number of nitrogens with one attached hydrogen (secondary N) is 1. The van der Waals surface area contributed by atoms with Gasteiger partial charge in [0.05, 0.1) is 14.2 Å². The van der Waals surface area contributed by atoms with Crippen molar-refractivity contribution in [2.75, 3.05) is 14.2 Å². The van der Waals surface area contributed by atoms with Gasteiger partial charge in [0.2, 0.25) is 0 Å². The third-order valence-corrected chi connectivity index (χ3v) is 4.83. The summed E-state index contributed by atoms with van der Waals surface area (Å²) in [5.41, 5.74) is 4.85. The summed E-state index contributed by atoms with van der Waals surface area (Å²) >= 11 is 0. The molecule has 0 amide bonds. The van der Waals surface area contributed by atoms with Gasteiger partial charge < -0.3 is 14.5 Å². The normalized spacial score (nSPS) is 11.0. The lowest BCUT2D eigenvalue weighted by atomic mass is 9.85. The highest BCUT2D eigenvalue weighted by molar-refractivity contribution is 5.84. The van der Waals surface area contributed by atoms with Crippen LogP contribution in [0.4, 0.5) is 0 Å². The van der Waals surface area contributed by atoms with Gasteiger partial charge in [-0.05, 0) is 47.0 Å². The minimum Gasteiger partial charge on any atom is -0.497 e. The molecule has 0 aliphatic heterocycles. The molecule has 0 bridgehead atoms. The Morgan fingerprint density at radius 2 is 1.23 bits per heavy atom. The van der Waals surface area contributed by atoms with Gasteiger partial charge in [-0.25, -0.2) is 0 Å². The van der Waals surface area contributed by atoms with Crippen LogP contribution in [0.1, 0.15) is 22.6 Å². The number of para-hydroxylation sites is 1. The van der Waals surface area contributed by atoms with E-state index in [2.05, 4.69) is 59.7 Å². The monoisotopic (exact) mass is 343 g/mol. The minimum absolute atomic E-state index is 0.128. The van der Waals surface area contributed by atoms with E-state index in [0.717, 1.165) is 17.0 Å². The minimum atomic E-state index is 0.128. The van der Waals surface area contributed by atoms with E-state index >= 15 is 0 Å². The van der Waals surface area contributed by atoms with Crippen molar-refractivity contribution in [3.8, 4) is 11.5 Å². The Morgan fingerprint density at radius 1 is 0.692 bits per heavy atom. The molecule has 3 nitrogen and oxygen atoms in total. The van der Waals surface area contributed by atoms with Gasteiger partial charge in [0.25, 0.3) is 0 Å². The van der Waals surface area contributed by atoms with Crippen molar-refractivity contribution in [3.63, 3.8) is 0 Å². The summed E-state index contributed by atoms with van der Waals surface area (Å²) in [5.74, 6) is 1.85. The molecule has 0 spiro atoms. The zero-order valence-corrected chi connectivity index (χ0v) is 14.9. The van der Waals surface area contributed by atoms with Crippen molar-refractivity contribution in [2.24, 2.45) is 0 Å². The van der Waals surface area contributed by atoms with E-state index < -0.39 is 0 Å². The largest absolute Gasteiger partial charge is 0.497 e. The Kier molecular flexibility index (Phi) is 4.36. The molecular weight excluding hydrogens is 322 g/mol. The van der Waals surface area contributed by atoms with Gasteiger partial charge in [0.1, 0.15) is 11.5 Å². The van der Waals surface area contributed by atoms with Crippen LogP contribution in [0.5, 0.6) is 11.5 Å². The highest BCUT2D eigenvalue weighted by atomic mass is 16.5. The highest BCUT2D eigenvalue weighted by Crippen LogP contribution is 2.37. The van der Waals surface area contributed by atoms with Crippen LogP contribution in [0.3, 0.4) is 0 Å². The Morgan fingerprint density at radius 3 is 1.77 bits per heavy atom. The zero-order valence-electron chi connectivity index (χ0n) is 14.9. The quantitative estimate of drug-likeness (QED) is 0.529. The summed E-state index contributed by atoms with van der Waals surface area (Å²) in [7, 11) is 3.38. The number of fused-ring (bicyclic) bond motifs is 1. The van der Waals surface area contributed by atoms with Crippen LogP contribution in [-0.4, -0.2) is 19.2 Å². The second-order valence-electron chi connectivity index (χ2n) is 6.27. The van der Waals surface area contributed by atoms with Gasteiger partial charge in [0.15, 0.2) is 0 Å². The van der Waals surface area contributed by atoms with Crippen LogP contribution in [-0.2, 0) is 0 Å². The Labute approximate surface area is 153 Å². The lowest BCUT2D eigenvalue weighted by Gasteiger charge is -2.19. The molecule has 0 radical (unpaired) electrons. The Bertz CT molecular complexity index is 953. The predicted octanol–water partition coefficient (Wildman–Crippen LogP) is 5.37. The van der Waals surface area contributed by atoms with Crippen molar-refractivity contribution < 1.29 is 9.47 Å². The number of methoxy groups -OCH3 is 2. The van der Waals surface area contributed by atoms with Crippen LogP contribution >= 0.6 is 0 Å². The van der Waals surface area contributed by atoms with Gasteiger partial charge in [-0.3, -0.25) is 0 Å². The summed E-state index contributed by atoms with van der Waals surface area (Å²) in [5, 5.41) is 1.24. The maximum atomic E-state index is 5.32. The SMILES string of the molecule is COc1ccc(C(c2ccc(OC)cc2)c2c[nH]c3ccccc23)cc1. The predicted molar refractivity (Wildman–Crippen MR) is 105 cm³/mol. The maximum absolute atomic E-state index is 5.32. The standard InChI is InChI=1S/C23H21NO2/c1-25-18-11-7-16(8-12-18)23(17-9-13-19(26-2)14-10-17)21-15-24-22-6-4-3-5-20(21)22/h3-15,23-24H,1-2H3. The lowest BCUT2D eigenvalue weighted by Crippen LogP contribution is -2.03. The van der Waals surface area contributed by atoms with Gasteiger partial charge in [-0.15, -0.1) is 0 Å². The number of rotatable bonds is 5. The van der Waals surface area contributed by atoms with E-state index in [9.17, 15) is 0 Å². The fourth-order valence-electron chi connectivity index (χ4n) is 3.48. The smallest absolute Gasteiger partial charge is 0.118 e. The number of aromatic amines is 1. The van der Waals surface area contributed by atoms with Crippen molar-refractivity contribution in [1.29, 1.82) is 0 Å². The summed E-state index contributed by atoms with van der Waals surface area (Å²) in [4.78, 5) is 3.40. The topological polar surface area (TPSA) is 34.2 Å². The molecule has 1 aromatic heterocycles. The molecule has 0 atom stereocenters. The van der Waals surface area contributed by atoms with E-state index in [1.54, 1.807) is 14.2 Å². The van der Waals surface area contributed by atoms with Gasteiger partial charge in [-0.2, -0.15) is 0 Å². The molecule has 0 saturated carbocycles. The van der Waals surface area contributed by atoms with Gasteiger partial charge in [0, 0.05) is 23.0 Å². The van der Waals surface area contributed by atoms with E-state index in [1.165, 1.54) is 22.1 Å². The fourth-order valence-corrected chi connectivity index (χ4v) is 3.48. The number of benzene rings is 3. The molecule has 1 heterocycles. The second kappa shape index (κ2) is 6.96. The van der Waals surface area contributed by atoms with Gasteiger partial charge >= 0.3 is 0 Å². The first-order valence-corrected chi connectivity index (χ1v) is 8.64. The Balaban J connectivity index is 1.87. The highest BCUT2D eigenvalue weighted by Gasteiger charge is 2.20. The van der Waals surface area contributed by atoms with Crippen molar-refractivity contribution in [3.05, 3.63) is 95.7 Å². The Hall–Kier alpha value is -3.20. The molecule has 26 heavy (non-hydrogen) atoms. The fraction of sp³-hybridized carbons (Fsp3) is 0.130. The summed E-state index contributed by atoms with van der Waals surface area (Å²) in [6, 6.07) is 25.0. The molecule has 0 aliphatic rings. The van der Waals surface area contributed by atoms with Crippen LogP contribution in [0, 0.1) is 0 Å². The molecular formula is C23H21NO2. The molecule has 1 N–H and O–H groups in total. The van der Waals surface area contributed by atoms with Gasteiger partial charge in [-0.1, -0.05) is 42.5 Å². The summed E-state index contributed by atoms with van der Waals surface area (Å²) in [6.07, 6.45) is 2.11. The molecule has 0 fully saturated rings. The van der Waals surface area contributed by atoms with Crippen molar-refractivity contribution >= 4 is 10.9 Å².